The van der Waals surface area contributed by atoms with Crippen LogP contribution in [0, 0.1) is 33.8 Å². The average Bonchev–Trinajstić information content (AvgIpc) is 2.31. The van der Waals surface area contributed by atoms with Gasteiger partial charge in [0.1, 0.15) is 0 Å². The third-order valence-electron chi connectivity index (χ3n) is 1.22. The Hall–Kier alpha value is -1.03. The van der Waals surface area contributed by atoms with E-state index in [2.05, 4.69) is 58.1 Å². The van der Waals surface area contributed by atoms with E-state index < -0.39 is 0 Å². The molecule has 1 aromatic carbocycles. The van der Waals surface area contributed by atoms with Crippen molar-refractivity contribution in [1.82, 2.24) is 0 Å². The minimum Gasteiger partial charge on any atom is 0 e. The van der Waals surface area contributed by atoms with Crippen molar-refractivity contribution in [2.45, 2.75) is 13.8 Å². The summed E-state index contributed by atoms with van der Waals surface area (Å²) in [5.41, 5.74) is 2.66. The van der Waals surface area contributed by atoms with Crippen molar-refractivity contribution in [2.24, 2.45) is 0 Å². The van der Waals surface area contributed by atoms with E-state index in [0.717, 1.165) is 0 Å². The molecule has 78 valence electrons. The molecule has 0 aromatic heterocycles. The molecular weight excluding hydrogens is 232 g/mol. The Morgan fingerprint density at radius 3 is 0.933 bits per heavy atom. The number of benzene rings is 1. The van der Waals surface area contributed by atoms with Gasteiger partial charge in [-0.1, -0.05) is 35.4 Å². The third-order valence-corrected chi connectivity index (χ3v) is 1.22. The zero-order valence-electron chi connectivity index (χ0n) is 8.44. The van der Waals surface area contributed by atoms with Crippen molar-refractivity contribution in [1.29, 1.82) is 0 Å². The largest absolute Gasteiger partial charge is 0 e. The van der Waals surface area contributed by atoms with Gasteiger partial charge in [-0.25, -0.2) is 0 Å². The predicted molar refractivity (Wildman–Crippen MR) is 47.7 cm³/mol. The van der Waals surface area contributed by atoms with Crippen LogP contribution in [0.4, 0.5) is 0 Å². The zero-order chi connectivity index (χ0) is 12.0. The molecular formula is C11H10CrO3. The van der Waals surface area contributed by atoms with Crippen molar-refractivity contribution in [3.63, 3.8) is 0 Å². The Morgan fingerprint density at radius 1 is 0.667 bits per heavy atom. The normalized spacial score (nSPS) is 5.33. The first-order chi connectivity index (χ1) is 6.79. The number of hydrogen-bond acceptors (Lipinski definition) is 0. The fourth-order valence-electron chi connectivity index (χ4n) is 0.637. The summed E-state index contributed by atoms with van der Waals surface area (Å²) in [6.07, 6.45) is 0. The summed E-state index contributed by atoms with van der Waals surface area (Å²) in [6, 6.07) is 8.48. The van der Waals surface area contributed by atoms with Crippen LogP contribution in [0.5, 0.6) is 0 Å². The molecule has 0 aliphatic rings. The molecule has 0 aliphatic heterocycles. The van der Waals surface area contributed by atoms with E-state index in [0.29, 0.717) is 0 Å². The molecule has 0 unspecified atom stereocenters. The molecule has 1 rings (SSSR count). The van der Waals surface area contributed by atoms with E-state index in [4.69, 9.17) is 14.0 Å². The smallest absolute Gasteiger partial charge is 0 e. The first-order valence-corrected chi connectivity index (χ1v) is 3.43. The predicted octanol–water partition coefficient (Wildman–Crippen LogP) is 2.19. The molecule has 0 saturated carbocycles. The van der Waals surface area contributed by atoms with Crippen molar-refractivity contribution in [3.05, 3.63) is 55.3 Å². The van der Waals surface area contributed by atoms with Crippen molar-refractivity contribution in [3.8, 4) is 0 Å². The molecule has 0 heterocycles. The first kappa shape index (κ1) is 23.6. The second-order valence-electron chi connectivity index (χ2n) is 2.15. The molecule has 4 heteroatoms. The van der Waals surface area contributed by atoms with E-state index in [1.165, 1.54) is 11.1 Å². The van der Waals surface area contributed by atoms with Crippen LogP contribution in [0.3, 0.4) is 0 Å². The van der Waals surface area contributed by atoms with Gasteiger partial charge in [-0.3, -0.25) is 0 Å². The van der Waals surface area contributed by atoms with Crippen LogP contribution in [0.15, 0.2) is 24.3 Å². The van der Waals surface area contributed by atoms with Gasteiger partial charge in [-0.15, -0.1) is 0 Å². The Balaban J connectivity index is -0.0000000755. The topological polar surface area (TPSA) is 59.7 Å². The molecule has 0 N–H and O–H groups in total. The van der Waals surface area contributed by atoms with Gasteiger partial charge in [0.15, 0.2) is 0 Å². The van der Waals surface area contributed by atoms with Crippen LogP contribution in [-0.4, -0.2) is 0 Å². The molecule has 0 amide bonds. The van der Waals surface area contributed by atoms with Crippen molar-refractivity contribution < 1.29 is 31.3 Å². The Labute approximate surface area is 101 Å². The van der Waals surface area contributed by atoms with E-state index in [1.807, 2.05) is 0 Å². The maximum atomic E-state index is 7.50. The Morgan fingerprint density at radius 2 is 0.800 bits per heavy atom. The Kier molecular flexibility index (Phi) is 36.4. The summed E-state index contributed by atoms with van der Waals surface area (Å²) in [5.74, 6) is 0. The van der Waals surface area contributed by atoms with Crippen LogP contribution >= 0.6 is 0 Å². The van der Waals surface area contributed by atoms with Gasteiger partial charge in [0.05, 0.1) is 0 Å². The van der Waals surface area contributed by atoms with Crippen LogP contribution in [0.25, 0.3) is 0 Å². The van der Waals surface area contributed by atoms with Gasteiger partial charge in [0, 0.05) is 17.4 Å². The monoisotopic (exact) mass is 242 g/mol. The van der Waals surface area contributed by atoms with Crippen molar-refractivity contribution in [2.75, 3.05) is 0 Å². The van der Waals surface area contributed by atoms with E-state index in [-0.39, 0.29) is 17.4 Å². The summed E-state index contributed by atoms with van der Waals surface area (Å²) in [7, 11) is 0. The van der Waals surface area contributed by atoms with Crippen LogP contribution in [0.1, 0.15) is 11.1 Å². The molecule has 0 bridgehead atoms. The quantitative estimate of drug-likeness (QED) is 0.494. The summed E-state index contributed by atoms with van der Waals surface area (Å²) in [5, 5.41) is 0. The number of hydrogen-bond donors (Lipinski definition) is 0. The average molecular weight is 242 g/mol. The maximum Gasteiger partial charge on any atom is 0 e. The van der Waals surface area contributed by atoms with Crippen molar-refractivity contribution >= 4 is 0 Å². The van der Waals surface area contributed by atoms with Crippen LogP contribution in [0.2, 0.25) is 0 Å². The first-order valence-electron chi connectivity index (χ1n) is 3.43. The van der Waals surface area contributed by atoms with Crippen LogP contribution < -0.4 is 0 Å². The second-order valence-corrected chi connectivity index (χ2v) is 2.15. The molecule has 0 aliphatic carbocycles. The minimum absolute atomic E-state index is 0. The van der Waals surface area contributed by atoms with Gasteiger partial charge in [-0.2, -0.15) is 0 Å². The van der Waals surface area contributed by atoms with E-state index in [1.54, 1.807) is 0 Å². The van der Waals surface area contributed by atoms with E-state index in [9.17, 15) is 0 Å². The van der Waals surface area contributed by atoms with Gasteiger partial charge < -0.3 is 0 Å². The molecule has 0 fully saturated rings. The standard InChI is InChI=1S/C8H10.3CO.Cr/c1-7-3-5-8(2)6-4-7;3*1-2;/h3-6H,1-2H3;;;;. The zero-order valence-corrected chi connectivity index (χ0v) is 9.72. The third kappa shape index (κ3) is 19.4. The molecule has 0 spiro atoms. The molecule has 3 nitrogen and oxygen atoms in total. The van der Waals surface area contributed by atoms with Gasteiger partial charge in [0.25, 0.3) is 0 Å². The van der Waals surface area contributed by atoms with Gasteiger partial charge in [-0.05, 0) is 13.8 Å². The molecule has 15 heavy (non-hydrogen) atoms. The summed E-state index contributed by atoms with van der Waals surface area (Å²) >= 11 is 0. The summed E-state index contributed by atoms with van der Waals surface area (Å²) in [6.45, 7) is 17.7. The molecule has 0 atom stereocenters. The SMILES string of the molecule is Cc1ccc(C)cc1.[C-]#[O+].[C-]#[O+].[C-]#[O+].[Cr]. The summed E-state index contributed by atoms with van der Waals surface area (Å²) in [4.78, 5) is 0. The van der Waals surface area contributed by atoms with Gasteiger partial charge in [0.2, 0.25) is 0 Å². The summed E-state index contributed by atoms with van der Waals surface area (Å²) < 4.78 is 22.5. The minimum atomic E-state index is 0. The van der Waals surface area contributed by atoms with Gasteiger partial charge >= 0.3 is 33.9 Å². The Bertz CT molecular complexity index is 237. The molecule has 0 saturated heterocycles. The molecule has 1 aromatic rings. The number of rotatable bonds is 0. The van der Waals surface area contributed by atoms with Crippen LogP contribution in [-0.2, 0) is 31.3 Å². The second kappa shape index (κ2) is 23.1. The molecule has 0 radical (unpaired) electrons. The fourth-order valence-corrected chi connectivity index (χ4v) is 0.637. The van der Waals surface area contributed by atoms with E-state index >= 15 is 0 Å². The fraction of sp³-hybridized carbons (Fsp3) is 0.182. The maximum absolute atomic E-state index is 7.50. The number of aryl methyl sites for hydroxylation is 2.